The molecular formula is C27H30FN3O3S. The number of para-hydroxylation sites is 1. The zero-order valence-corrected chi connectivity index (χ0v) is 21.4. The van der Waals surface area contributed by atoms with Crippen molar-refractivity contribution in [2.75, 3.05) is 10.8 Å². The third-order valence-corrected chi connectivity index (χ3v) is 7.31. The van der Waals surface area contributed by atoms with Crippen molar-refractivity contribution in [3.8, 4) is 0 Å². The first-order chi connectivity index (χ1) is 16.4. The summed E-state index contributed by atoms with van der Waals surface area (Å²) >= 11 is 0. The standard InChI is InChI=1S/C27H30FN3O3S/c1-19-10-16-23(17-11-19)35(33,34)31(25-9-7-6-8-24(25)28)18-26(32)30-29-20(2)21-12-14-22(15-13-21)27(3,4)5/h6-17H,18H2,1-5H3,(H,30,32)/b29-20-. The molecule has 0 unspecified atom stereocenters. The Morgan fingerprint density at radius 1 is 0.971 bits per heavy atom. The highest BCUT2D eigenvalue weighted by Gasteiger charge is 2.29. The number of nitrogens with one attached hydrogen (secondary N) is 1. The number of anilines is 1. The number of halogens is 1. The Labute approximate surface area is 206 Å². The Balaban J connectivity index is 1.84. The second-order valence-electron chi connectivity index (χ2n) is 9.34. The van der Waals surface area contributed by atoms with E-state index in [0.717, 1.165) is 21.5 Å². The number of benzene rings is 3. The third kappa shape index (κ3) is 6.33. The molecule has 1 N–H and O–H groups in total. The SMILES string of the molecule is C/C(=N/NC(=O)CN(c1ccccc1F)S(=O)(=O)c1ccc(C)cc1)c1ccc(C(C)(C)C)cc1. The Morgan fingerprint density at radius 2 is 1.57 bits per heavy atom. The van der Waals surface area contributed by atoms with Crippen LogP contribution in [0.2, 0.25) is 0 Å². The van der Waals surface area contributed by atoms with Crippen LogP contribution in [0.1, 0.15) is 44.4 Å². The Kier molecular flexibility index (Phi) is 7.75. The molecule has 3 aromatic carbocycles. The van der Waals surface area contributed by atoms with Crippen LogP contribution < -0.4 is 9.73 Å². The molecule has 0 saturated carbocycles. The number of nitrogens with zero attached hydrogens (tertiary/aromatic N) is 2. The van der Waals surface area contributed by atoms with Crippen LogP contribution in [0.15, 0.2) is 82.8 Å². The fourth-order valence-corrected chi connectivity index (χ4v) is 4.81. The number of rotatable bonds is 7. The van der Waals surface area contributed by atoms with Crippen LogP contribution in [0.4, 0.5) is 10.1 Å². The van der Waals surface area contributed by atoms with Gasteiger partial charge in [0.2, 0.25) is 0 Å². The van der Waals surface area contributed by atoms with Gasteiger partial charge < -0.3 is 0 Å². The molecule has 0 heterocycles. The summed E-state index contributed by atoms with van der Waals surface area (Å²) in [5, 5.41) is 4.12. The minimum atomic E-state index is -4.21. The molecule has 35 heavy (non-hydrogen) atoms. The van der Waals surface area contributed by atoms with Crippen molar-refractivity contribution < 1.29 is 17.6 Å². The van der Waals surface area contributed by atoms with Crippen molar-refractivity contribution in [3.63, 3.8) is 0 Å². The smallest absolute Gasteiger partial charge is 0.264 e. The first-order valence-corrected chi connectivity index (χ1v) is 12.6. The summed E-state index contributed by atoms with van der Waals surface area (Å²) in [5.41, 5.74) is 5.60. The van der Waals surface area contributed by atoms with Gasteiger partial charge in [0.15, 0.2) is 0 Å². The Bertz CT molecular complexity index is 1330. The molecule has 0 aliphatic rings. The number of sulfonamides is 1. The van der Waals surface area contributed by atoms with Gasteiger partial charge in [0.25, 0.3) is 15.9 Å². The second kappa shape index (κ2) is 10.4. The van der Waals surface area contributed by atoms with Gasteiger partial charge in [-0.25, -0.2) is 18.2 Å². The largest absolute Gasteiger partial charge is 0.271 e. The number of carbonyl (C=O) groups excluding carboxylic acids is 1. The highest BCUT2D eigenvalue weighted by atomic mass is 32.2. The van der Waals surface area contributed by atoms with Gasteiger partial charge in [-0.1, -0.05) is 74.9 Å². The fourth-order valence-electron chi connectivity index (χ4n) is 3.38. The second-order valence-corrected chi connectivity index (χ2v) is 11.2. The van der Waals surface area contributed by atoms with Crippen LogP contribution in [0, 0.1) is 12.7 Å². The normalized spacial score (nSPS) is 12.3. The molecule has 8 heteroatoms. The first-order valence-electron chi connectivity index (χ1n) is 11.2. The van der Waals surface area contributed by atoms with Crippen LogP contribution in [0.5, 0.6) is 0 Å². The molecule has 0 bridgehead atoms. The van der Waals surface area contributed by atoms with Crippen LogP contribution in [0.25, 0.3) is 0 Å². The van der Waals surface area contributed by atoms with Gasteiger partial charge in [-0.2, -0.15) is 5.10 Å². The summed E-state index contributed by atoms with van der Waals surface area (Å²) in [4.78, 5) is 12.7. The van der Waals surface area contributed by atoms with Gasteiger partial charge in [0.05, 0.1) is 16.3 Å². The monoisotopic (exact) mass is 495 g/mol. The summed E-state index contributed by atoms with van der Waals surface area (Å²) in [7, 11) is -4.21. The lowest BCUT2D eigenvalue weighted by molar-refractivity contribution is -0.119. The van der Waals surface area contributed by atoms with E-state index in [1.807, 2.05) is 31.2 Å². The van der Waals surface area contributed by atoms with Gasteiger partial charge in [-0.3, -0.25) is 9.10 Å². The quantitative estimate of drug-likeness (QED) is 0.363. The fraction of sp³-hybridized carbons (Fsp3) is 0.259. The molecule has 0 radical (unpaired) electrons. The van der Waals surface area contributed by atoms with Crippen molar-refractivity contribution in [2.45, 2.75) is 44.9 Å². The number of aryl methyl sites for hydroxylation is 1. The van der Waals surface area contributed by atoms with Gasteiger partial charge in [0.1, 0.15) is 12.4 Å². The average Bonchev–Trinajstić information content (AvgIpc) is 2.81. The predicted octanol–water partition coefficient (Wildman–Crippen LogP) is 5.17. The van der Waals surface area contributed by atoms with Gasteiger partial charge >= 0.3 is 0 Å². The molecule has 0 aliphatic carbocycles. The molecule has 0 fully saturated rings. The first kappa shape index (κ1) is 26.1. The zero-order chi connectivity index (χ0) is 25.8. The molecule has 0 aliphatic heterocycles. The van der Waals surface area contributed by atoms with Crippen molar-refractivity contribution >= 4 is 27.3 Å². The Hall–Kier alpha value is -3.52. The van der Waals surface area contributed by atoms with E-state index in [1.54, 1.807) is 19.1 Å². The maximum absolute atomic E-state index is 14.6. The number of hydrazone groups is 1. The number of amides is 1. The maximum atomic E-state index is 14.6. The molecule has 184 valence electrons. The summed E-state index contributed by atoms with van der Waals surface area (Å²) < 4.78 is 42.0. The van der Waals surface area contributed by atoms with Crippen molar-refractivity contribution in [1.82, 2.24) is 5.43 Å². The zero-order valence-electron chi connectivity index (χ0n) is 20.5. The summed E-state index contributed by atoms with van der Waals surface area (Å²) in [5.74, 6) is -1.45. The van der Waals surface area contributed by atoms with Gasteiger partial charge in [0, 0.05) is 0 Å². The van der Waals surface area contributed by atoms with E-state index in [-0.39, 0.29) is 16.0 Å². The van der Waals surface area contributed by atoms with Crippen molar-refractivity contribution in [2.24, 2.45) is 5.10 Å². The average molecular weight is 496 g/mol. The lowest BCUT2D eigenvalue weighted by atomic mass is 9.86. The van der Waals surface area contributed by atoms with Crippen LogP contribution in [-0.2, 0) is 20.2 Å². The number of hydrogen-bond acceptors (Lipinski definition) is 4. The molecule has 0 saturated heterocycles. The van der Waals surface area contributed by atoms with E-state index in [9.17, 15) is 17.6 Å². The third-order valence-electron chi connectivity index (χ3n) is 5.53. The summed E-state index contributed by atoms with van der Waals surface area (Å²) in [6, 6.07) is 19.4. The summed E-state index contributed by atoms with van der Waals surface area (Å²) in [6.45, 7) is 9.29. The van der Waals surface area contributed by atoms with Gasteiger partial charge in [-0.15, -0.1) is 0 Å². The molecule has 1 amide bonds. The van der Waals surface area contributed by atoms with Crippen molar-refractivity contribution in [1.29, 1.82) is 0 Å². The molecule has 0 spiro atoms. The molecule has 0 atom stereocenters. The highest BCUT2D eigenvalue weighted by molar-refractivity contribution is 7.92. The minimum Gasteiger partial charge on any atom is -0.271 e. The van der Waals surface area contributed by atoms with E-state index in [2.05, 4.69) is 31.3 Å². The minimum absolute atomic E-state index is 0.0108. The molecular weight excluding hydrogens is 465 g/mol. The summed E-state index contributed by atoms with van der Waals surface area (Å²) in [6.07, 6.45) is 0. The Morgan fingerprint density at radius 3 is 2.14 bits per heavy atom. The van der Waals surface area contributed by atoms with E-state index < -0.39 is 28.3 Å². The number of hydrogen-bond donors (Lipinski definition) is 1. The molecule has 0 aromatic heterocycles. The molecule has 3 rings (SSSR count). The predicted molar refractivity (Wildman–Crippen MR) is 138 cm³/mol. The van der Waals surface area contributed by atoms with Gasteiger partial charge in [-0.05, 0) is 54.7 Å². The highest BCUT2D eigenvalue weighted by Crippen LogP contribution is 2.26. The van der Waals surface area contributed by atoms with E-state index in [4.69, 9.17) is 0 Å². The van der Waals surface area contributed by atoms with E-state index >= 15 is 0 Å². The molecule has 6 nitrogen and oxygen atoms in total. The van der Waals surface area contributed by atoms with E-state index in [0.29, 0.717) is 5.71 Å². The lowest BCUT2D eigenvalue weighted by Gasteiger charge is -2.24. The van der Waals surface area contributed by atoms with E-state index in [1.165, 1.54) is 35.9 Å². The lowest BCUT2D eigenvalue weighted by Crippen LogP contribution is -2.40. The maximum Gasteiger partial charge on any atom is 0.264 e. The van der Waals surface area contributed by atoms with Crippen LogP contribution in [0.3, 0.4) is 0 Å². The molecule has 3 aromatic rings. The topological polar surface area (TPSA) is 78.8 Å². The van der Waals surface area contributed by atoms with Crippen LogP contribution in [-0.4, -0.2) is 26.6 Å². The number of carbonyl (C=O) groups is 1. The van der Waals surface area contributed by atoms with Crippen LogP contribution >= 0.6 is 0 Å². The van der Waals surface area contributed by atoms with Crippen molar-refractivity contribution in [3.05, 3.63) is 95.3 Å².